The second kappa shape index (κ2) is 7.52. The average Bonchev–Trinajstić information content (AvgIpc) is 3.34. The van der Waals surface area contributed by atoms with Crippen LogP contribution in [-0.4, -0.2) is 20.8 Å². The van der Waals surface area contributed by atoms with Crippen LogP contribution >= 0.6 is 0 Å². The fraction of sp³-hybridized carbons (Fsp3) is 0.136. The molecule has 0 aliphatic carbocycles. The number of nitrogens with one attached hydrogen (secondary N) is 1. The third kappa shape index (κ3) is 4.01. The average molecular weight is 372 g/mol. The van der Waals surface area contributed by atoms with Crippen LogP contribution in [0.2, 0.25) is 0 Å². The molecule has 1 amide bonds. The van der Waals surface area contributed by atoms with Crippen LogP contribution in [0.5, 0.6) is 0 Å². The van der Waals surface area contributed by atoms with Gasteiger partial charge in [0.2, 0.25) is 0 Å². The highest BCUT2D eigenvalue weighted by atomic mass is 16.5. The van der Waals surface area contributed by atoms with Crippen molar-refractivity contribution in [3.63, 3.8) is 0 Å². The molecule has 0 bridgehead atoms. The number of aryl methyl sites for hydroxylation is 2. The molecule has 4 rings (SSSR count). The SMILES string of the molecule is Cc1ccc(Cn2ccc(NC(=O)c3cc(-c4ccc(C)cc4)on3)n2)cc1. The summed E-state index contributed by atoms with van der Waals surface area (Å²) < 4.78 is 7.09. The molecule has 2 aromatic heterocycles. The van der Waals surface area contributed by atoms with Crippen molar-refractivity contribution in [3.05, 3.63) is 89.2 Å². The fourth-order valence-electron chi connectivity index (χ4n) is 2.81. The van der Waals surface area contributed by atoms with E-state index in [4.69, 9.17) is 4.52 Å². The quantitative estimate of drug-likeness (QED) is 0.561. The van der Waals surface area contributed by atoms with Crippen molar-refractivity contribution in [2.75, 3.05) is 5.32 Å². The van der Waals surface area contributed by atoms with E-state index in [0.29, 0.717) is 18.1 Å². The zero-order valence-electron chi connectivity index (χ0n) is 15.7. The van der Waals surface area contributed by atoms with E-state index in [2.05, 4.69) is 46.8 Å². The third-order valence-electron chi connectivity index (χ3n) is 4.43. The fourth-order valence-corrected chi connectivity index (χ4v) is 2.81. The Morgan fingerprint density at radius 2 is 1.68 bits per heavy atom. The Hall–Kier alpha value is -3.67. The molecule has 140 valence electrons. The molecule has 0 radical (unpaired) electrons. The van der Waals surface area contributed by atoms with Gasteiger partial charge in [-0.25, -0.2) is 0 Å². The summed E-state index contributed by atoms with van der Waals surface area (Å²) in [7, 11) is 0. The molecular formula is C22H20N4O2. The molecule has 0 saturated carbocycles. The summed E-state index contributed by atoms with van der Waals surface area (Å²) in [5, 5.41) is 11.0. The third-order valence-corrected chi connectivity index (χ3v) is 4.43. The Morgan fingerprint density at radius 3 is 2.39 bits per heavy atom. The van der Waals surface area contributed by atoms with Crippen molar-refractivity contribution in [2.45, 2.75) is 20.4 Å². The topological polar surface area (TPSA) is 73.0 Å². The standard InChI is InChI=1S/C22H20N4O2/c1-15-3-7-17(8-4-15)14-26-12-11-21(24-26)23-22(27)19-13-20(28-25-19)18-9-5-16(2)6-10-18/h3-13H,14H2,1-2H3,(H,23,24,27). The lowest BCUT2D eigenvalue weighted by molar-refractivity contribution is 0.101. The minimum atomic E-state index is -0.359. The molecular weight excluding hydrogens is 352 g/mol. The number of anilines is 1. The van der Waals surface area contributed by atoms with E-state index >= 15 is 0 Å². The van der Waals surface area contributed by atoms with E-state index in [-0.39, 0.29) is 11.6 Å². The van der Waals surface area contributed by atoms with Gasteiger partial charge in [-0.3, -0.25) is 9.48 Å². The van der Waals surface area contributed by atoms with Crippen LogP contribution in [0.1, 0.15) is 27.2 Å². The lowest BCUT2D eigenvalue weighted by atomic mass is 10.1. The van der Waals surface area contributed by atoms with Gasteiger partial charge >= 0.3 is 0 Å². The van der Waals surface area contributed by atoms with Gasteiger partial charge in [-0.05, 0) is 19.4 Å². The van der Waals surface area contributed by atoms with E-state index in [9.17, 15) is 4.79 Å². The Labute approximate surface area is 162 Å². The van der Waals surface area contributed by atoms with Crippen LogP contribution in [-0.2, 0) is 6.54 Å². The Morgan fingerprint density at radius 1 is 1.00 bits per heavy atom. The normalized spacial score (nSPS) is 10.8. The molecule has 6 heteroatoms. The molecule has 2 aromatic carbocycles. The van der Waals surface area contributed by atoms with E-state index in [1.165, 1.54) is 5.56 Å². The molecule has 0 aliphatic rings. The number of hydrogen-bond acceptors (Lipinski definition) is 4. The van der Waals surface area contributed by atoms with Crippen LogP contribution in [0.15, 0.2) is 71.4 Å². The molecule has 28 heavy (non-hydrogen) atoms. The number of amides is 1. The van der Waals surface area contributed by atoms with Crippen LogP contribution in [0.3, 0.4) is 0 Å². The maximum Gasteiger partial charge on any atom is 0.279 e. The number of hydrogen-bond donors (Lipinski definition) is 1. The minimum absolute atomic E-state index is 0.212. The number of rotatable bonds is 5. The van der Waals surface area contributed by atoms with Crippen molar-refractivity contribution in [3.8, 4) is 11.3 Å². The lowest BCUT2D eigenvalue weighted by Gasteiger charge is -2.02. The highest BCUT2D eigenvalue weighted by Crippen LogP contribution is 2.21. The Bertz CT molecular complexity index is 1090. The number of carbonyl (C=O) groups excluding carboxylic acids is 1. The first kappa shape index (κ1) is 17.7. The molecule has 0 atom stereocenters. The maximum atomic E-state index is 12.4. The van der Waals surface area contributed by atoms with Gasteiger partial charge in [0.05, 0.1) is 6.54 Å². The number of aromatic nitrogens is 3. The highest BCUT2D eigenvalue weighted by molar-refractivity contribution is 6.02. The summed E-state index contributed by atoms with van der Waals surface area (Å²) in [5.41, 5.74) is 4.60. The van der Waals surface area contributed by atoms with Crippen LogP contribution in [0, 0.1) is 13.8 Å². The second-order valence-corrected chi connectivity index (χ2v) is 6.78. The summed E-state index contributed by atoms with van der Waals surface area (Å²) in [6, 6.07) is 19.5. The van der Waals surface area contributed by atoms with Crippen molar-refractivity contribution >= 4 is 11.7 Å². The summed E-state index contributed by atoms with van der Waals surface area (Å²) in [6.45, 7) is 4.71. The lowest BCUT2D eigenvalue weighted by Crippen LogP contribution is -2.13. The molecule has 0 saturated heterocycles. The van der Waals surface area contributed by atoms with Gasteiger partial charge in [0.1, 0.15) is 0 Å². The van der Waals surface area contributed by atoms with Gasteiger partial charge in [0, 0.05) is 23.9 Å². The van der Waals surface area contributed by atoms with E-state index in [0.717, 1.165) is 16.7 Å². The Balaban J connectivity index is 1.42. The molecule has 4 aromatic rings. The largest absolute Gasteiger partial charge is 0.355 e. The zero-order chi connectivity index (χ0) is 19.5. The van der Waals surface area contributed by atoms with Gasteiger partial charge < -0.3 is 9.84 Å². The second-order valence-electron chi connectivity index (χ2n) is 6.78. The first-order chi connectivity index (χ1) is 13.6. The summed E-state index contributed by atoms with van der Waals surface area (Å²) in [6.07, 6.45) is 1.83. The first-order valence-corrected chi connectivity index (χ1v) is 9.01. The first-order valence-electron chi connectivity index (χ1n) is 9.01. The van der Waals surface area contributed by atoms with Gasteiger partial charge in [-0.1, -0.05) is 64.8 Å². The van der Waals surface area contributed by atoms with E-state index in [1.54, 1.807) is 16.8 Å². The number of nitrogens with zero attached hydrogens (tertiary/aromatic N) is 3. The monoisotopic (exact) mass is 372 g/mol. The molecule has 0 unspecified atom stereocenters. The van der Waals surface area contributed by atoms with Gasteiger partial charge in [0.25, 0.3) is 5.91 Å². The van der Waals surface area contributed by atoms with Gasteiger partial charge in [0.15, 0.2) is 17.3 Å². The van der Waals surface area contributed by atoms with Crippen molar-refractivity contribution in [1.82, 2.24) is 14.9 Å². The number of benzene rings is 2. The smallest absolute Gasteiger partial charge is 0.279 e. The van der Waals surface area contributed by atoms with Crippen LogP contribution < -0.4 is 5.32 Å². The van der Waals surface area contributed by atoms with Crippen molar-refractivity contribution in [2.24, 2.45) is 0 Å². The molecule has 0 fully saturated rings. The van der Waals surface area contributed by atoms with Crippen molar-refractivity contribution < 1.29 is 9.32 Å². The predicted molar refractivity (Wildman–Crippen MR) is 107 cm³/mol. The minimum Gasteiger partial charge on any atom is -0.355 e. The molecule has 1 N–H and O–H groups in total. The molecule has 6 nitrogen and oxygen atoms in total. The van der Waals surface area contributed by atoms with Gasteiger partial charge in [-0.15, -0.1) is 0 Å². The van der Waals surface area contributed by atoms with E-state index in [1.807, 2.05) is 37.4 Å². The maximum absolute atomic E-state index is 12.4. The van der Waals surface area contributed by atoms with Crippen LogP contribution in [0.25, 0.3) is 11.3 Å². The Kier molecular flexibility index (Phi) is 4.76. The zero-order valence-corrected chi connectivity index (χ0v) is 15.7. The van der Waals surface area contributed by atoms with Crippen molar-refractivity contribution in [1.29, 1.82) is 0 Å². The summed E-state index contributed by atoms with van der Waals surface area (Å²) in [4.78, 5) is 12.4. The predicted octanol–water partition coefficient (Wildman–Crippen LogP) is 4.46. The summed E-state index contributed by atoms with van der Waals surface area (Å²) in [5.74, 6) is 0.662. The van der Waals surface area contributed by atoms with E-state index < -0.39 is 0 Å². The molecule has 0 aliphatic heterocycles. The molecule has 2 heterocycles. The number of carbonyl (C=O) groups is 1. The molecule has 0 spiro atoms. The van der Waals surface area contributed by atoms with Gasteiger partial charge in [-0.2, -0.15) is 5.10 Å². The van der Waals surface area contributed by atoms with Crippen LogP contribution in [0.4, 0.5) is 5.82 Å². The highest BCUT2D eigenvalue weighted by Gasteiger charge is 2.15. The summed E-state index contributed by atoms with van der Waals surface area (Å²) >= 11 is 0.